The Morgan fingerprint density at radius 1 is 1.19 bits per heavy atom. The maximum absolute atomic E-state index is 12.7. The molecular formula is C17H20Br2N2O5. The first-order valence-corrected chi connectivity index (χ1v) is 9.55. The number of hydrogen-bond acceptors (Lipinski definition) is 5. The van der Waals surface area contributed by atoms with E-state index >= 15 is 0 Å². The number of aromatic hydroxyl groups is 2. The van der Waals surface area contributed by atoms with Gasteiger partial charge in [-0.1, -0.05) is 13.8 Å². The molecule has 7 nitrogen and oxygen atoms in total. The zero-order valence-corrected chi connectivity index (χ0v) is 17.9. The quantitative estimate of drug-likeness (QED) is 0.478. The number of benzene rings is 1. The molecule has 0 aliphatic carbocycles. The predicted octanol–water partition coefficient (Wildman–Crippen LogP) is 3.84. The van der Waals surface area contributed by atoms with Crippen molar-refractivity contribution in [1.82, 2.24) is 10.6 Å². The molecular weight excluding hydrogens is 472 g/mol. The largest absolute Gasteiger partial charge is 0.506 e. The van der Waals surface area contributed by atoms with Crippen molar-refractivity contribution in [3.63, 3.8) is 0 Å². The van der Waals surface area contributed by atoms with Gasteiger partial charge >= 0.3 is 12.0 Å². The van der Waals surface area contributed by atoms with Crippen LogP contribution < -0.4 is 10.6 Å². The maximum atomic E-state index is 12.7. The summed E-state index contributed by atoms with van der Waals surface area (Å²) in [6.45, 7) is 7.12. The number of allylic oxidation sites excluding steroid dienone is 1. The third-order valence-corrected chi connectivity index (χ3v) is 5.11. The molecule has 1 atom stereocenters. The Balaban J connectivity index is 2.70. The fourth-order valence-electron chi connectivity index (χ4n) is 2.62. The highest BCUT2D eigenvalue weighted by atomic mass is 79.9. The molecule has 0 fully saturated rings. The number of esters is 1. The van der Waals surface area contributed by atoms with E-state index in [-0.39, 0.29) is 39.1 Å². The molecule has 0 spiro atoms. The summed E-state index contributed by atoms with van der Waals surface area (Å²) < 4.78 is 5.69. The molecule has 4 N–H and O–H groups in total. The molecule has 26 heavy (non-hydrogen) atoms. The van der Waals surface area contributed by atoms with Crippen LogP contribution in [0.15, 0.2) is 26.3 Å². The topological polar surface area (TPSA) is 108 Å². The number of urea groups is 1. The third kappa shape index (κ3) is 3.98. The van der Waals surface area contributed by atoms with Gasteiger partial charge in [-0.3, -0.25) is 0 Å². The summed E-state index contributed by atoms with van der Waals surface area (Å²) in [4.78, 5) is 24.9. The molecule has 2 rings (SSSR count). The minimum absolute atomic E-state index is 0.0531. The lowest BCUT2D eigenvalue weighted by molar-refractivity contribution is -0.143. The third-order valence-electron chi connectivity index (χ3n) is 3.75. The fraction of sp³-hybridized carbons (Fsp3) is 0.412. The number of amides is 2. The summed E-state index contributed by atoms with van der Waals surface area (Å²) in [7, 11) is 0. The van der Waals surface area contributed by atoms with Gasteiger partial charge in [0.2, 0.25) is 0 Å². The maximum Gasteiger partial charge on any atom is 0.338 e. The Morgan fingerprint density at radius 3 is 2.35 bits per heavy atom. The van der Waals surface area contributed by atoms with Crippen LogP contribution in [0, 0.1) is 5.92 Å². The van der Waals surface area contributed by atoms with Crippen molar-refractivity contribution in [3.8, 4) is 11.5 Å². The number of ether oxygens (including phenoxy) is 1. The highest BCUT2D eigenvalue weighted by Gasteiger charge is 2.37. The Kier molecular flexibility index (Phi) is 6.23. The van der Waals surface area contributed by atoms with Crippen LogP contribution in [0.4, 0.5) is 4.79 Å². The van der Waals surface area contributed by atoms with Crippen LogP contribution >= 0.6 is 31.9 Å². The predicted molar refractivity (Wildman–Crippen MR) is 103 cm³/mol. The Hall–Kier alpha value is -1.74. The van der Waals surface area contributed by atoms with Crippen LogP contribution in [0.1, 0.15) is 39.3 Å². The molecule has 1 aliphatic rings. The lowest BCUT2D eigenvalue weighted by atomic mass is 9.91. The van der Waals surface area contributed by atoms with E-state index in [1.807, 2.05) is 13.8 Å². The minimum Gasteiger partial charge on any atom is -0.506 e. The van der Waals surface area contributed by atoms with E-state index in [0.29, 0.717) is 10.2 Å². The highest BCUT2D eigenvalue weighted by Crippen LogP contribution is 2.45. The van der Waals surface area contributed by atoms with Crippen LogP contribution in [0.5, 0.6) is 11.5 Å². The summed E-state index contributed by atoms with van der Waals surface area (Å²) in [5.41, 5.74) is 0.863. The van der Waals surface area contributed by atoms with Gasteiger partial charge in [0.25, 0.3) is 0 Å². The molecule has 142 valence electrons. The van der Waals surface area contributed by atoms with E-state index in [9.17, 15) is 19.8 Å². The zero-order valence-electron chi connectivity index (χ0n) is 14.7. The van der Waals surface area contributed by atoms with Crippen molar-refractivity contribution in [1.29, 1.82) is 0 Å². The van der Waals surface area contributed by atoms with Gasteiger partial charge in [-0.2, -0.15) is 0 Å². The van der Waals surface area contributed by atoms with E-state index < -0.39 is 18.0 Å². The van der Waals surface area contributed by atoms with Gasteiger partial charge in [0, 0.05) is 11.3 Å². The van der Waals surface area contributed by atoms with Crippen molar-refractivity contribution in [2.75, 3.05) is 0 Å². The van der Waals surface area contributed by atoms with E-state index in [1.165, 1.54) is 6.07 Å². The molecule has 0 bridgehead atoms. The van der Waals surface area contributed by atoms with Gasteiger partial charge in [0.1, 0.15) is 16.0 Å². The number of halogens is 2. The van der Waals surface area contributed by atoms with Crippen molar-refractivity contribution in [2.24, 2.45) is 5.92 Å². The van der Waals surface area contributed by atoms with Crippen LogP contribution in [-0.4, -0.2) is 28.3 Å². The number of phenols is 2. The number of carbonyl (C=O) groups is 2. The molecule has 0 aromatic heterocycles. The van der Waals surface area contributed by atoms with Gasteiger partial charge in [-0.05, 0) is 57.7 Å². The van der Waals surface area contributed by atoms with Gasteiger partial charge < -0.3 is 25.6 Å². The lowest BCUT2D eigenvalue weighted by Gasteiger charge is -2.32. The lowest BCUT2D eigenvalue weighted by Crippen LogP contribution is -2.47. The van der Waals surface area contributed by atoms with Gasteiger partial charge in [-0.25, -0.2) is 9.59 Å². The SMILES string of the molecule is CC(C)OC(=O)C1=C(C(C)C)NC(=O)NC1c1cc(Br)c(O)c(Br)c1O. The fourth-order valence-corrected chi connectivity index (χ4v) is 3.77. The number of rotatable bonds is 4. The van der Waals surface area contributed by atoms with Gasteiger partial charge in [-0.15, -0.1) is 0 Å². The summed E-state index contributed by atoms with van der Waals surface area (Å²) in [6, 6.07) is 0.00635. The summed E-state index contributed by atoms with van der Waals surface area (Å²) in [5.74, 6) is -1.23. The Bertz CT molecular complexity index is 790. The molecule has 1 aliphatic heterocycles. The second kappa shape index (κ2) is 7.87. The van der Waals surface area contributed by atoms with E-state index in [4.69, 9.17) is 4.74 Å². The van der Waals surface area contributed by atoms with Crippen molar-refractivity contribution >= 4 is 43.9 Å². The first kappa shape index (κ1) is 20.6. The molecule has 1 heterocycles. The standard InChI is InChI=1S/C17H20Br2N2O5/c1-6(2)12-10(16(24)26-7(3)4)13(21-17(25)20-12)8-5-9(18)15(23)11(19)14(8)22/h5-7,13,22-23H,1-4H3,(H2,20,21,25). The highest BCUT2D eigenvalue weighted by molar-refractivity contribution is 9.11. The Labute approximate surface area is 168 Å². The summed E-state index contributed by atoms with van der Waals surface area (Å²) in [6.07, 6.45) is -0.353. The molecule has 0 saturated carbocycles. The average molecular weight is 492 g/mol. The summed E-state index contributed by atoms with van der Waals surface area (Å²) >= 11 is 6.32. The van der Waals surface area contributed by atoms with Crippen molar-refractivity contribution in [2.45, 2.75) is 39.8 Å². The number of nitrogens with one attached hydrogen (secondary N) is 2. The van der Waals surface area contributed by atoms with Crippen molar-refractivity contribution < 1.29 is 24.5 Å². The van der Waals surface area contributed by atoms with E-state index in [1.54, 1.807) is 13.8 Å². The smallest absolute Gasteiger partial charge is 0.338 e. The molecule has 9 heteroatoms. The van der Waals surface area contributed by atoms with E-state index in [0.717, 1.165) is 0 Å². The first-order valence-electron chi connectivity index (χ1n) is 7.96. The molecule has 2 amide bonds. The zero-order chi connectivity index (χ0) is 19.8. The molecule has 1 aromatic carbocycles. The second-order valence-electron chi connectivity index (χ2n) is 6.43. The minimum atomic E-state index is -0.944. The molecule has 0 saturated heterocycles. The van der Waals surface area contributed by atoms with Gasteiger partial charge in [0.05, 0.1) is 22.2 Å². The second-order valence-corrected chi connectivity index (χ2v) is 8.07. The van der Waals surface area contributed by atoms with Crippen LogP contribution in [0.25, 0.3) is 0 Å². The first-order chi connectivity index (χ1) is 12.0. The molecule has 0 radical (unpaired) electrons. The van der Waals surface area contributed by atoms with Crippen LogP contribution in [-0.2, 0) is 9.53 Å². The van der Waals surface area contributed by atoms with Gasteiger partial charge in [0.15, 0.2) is 0 Å². The van der Waals surface area contributed by atoms with E-state index in [2.05, 4.69) is 42.5 Å². The summed E-state index contributed by atoms with van der Waals surface area (Å²) in [5, 5.41) is 25.7. The monoisotopic (exact) mass is 490 g/mol. The number of phenolic OH excluding ortho intramolecular Hbond substituents is 2. The molecule has 1 aromatic rings. The number of carbonyl (C=O) groups excluding carboxylic acids is 2. The van der Waals surface area contributed by atoms with Crippen LogP contribution in [0.2, 0.25) is 0 Å². The molecule has 1 unspecified atom stereocenters. The number of hydrogen-bond donors (Lipinski definition) is 4. The average Bonchev–Trinajstić information content (AvgIpc) is 2.54. The Morgan fingerprint density at radius 2 is 1.81 bits per heavy atom. The normalized spacial score (nSPS) is 17.4. The van der Waals surface area contributed by atoms with Crippen molar-refractivity contribution in [3.05, 3.63) is 31.8 Å². The van der Waals surface area contributed by atoms with Crippen LogP contribution in [0.3, 0.4) is 0 Å².